The number of hydrogen-bond acceptors (Lipinski definition) is 1. The van der Waals surface area contributed by atoms with E-state index < -0.39 is 0 Å². The Hall–Kier alpha value is -8.53. The molecule has 0 spiro atoms. The van der Waals surface area contributed by atoms with Gasteiger partial charge in [-0.1, -0.05) is 182 Å². The molecule has 0 bridgehead atoms. The van der Waals surface area contributed by atoms with E-state index in [2.05, 4.69) is 246 Å². The molecule has 0 aliphatic heterocycles. The fourth-order valence-electron chi connectivity index (χ4n) is 10.0. The standard InChI is InChI=1S/C61H39N3/c1-4-13-40(14-5-1)42-23-25-44(26-24-42)50-36-54(45-29-27-43(28-30-45)41-15-6-2-7-16-41)62-59(39-50)64-56-22-12-17-46-31-32-48-35-49(38-58(64)61(48)60(46)56)47-33-34-53-52-20-10-11-21-55(52)63(57(53)37-47)51-18-8-3-9-19-51/h1-39H. The summed E-state index contributed by atoms with van der Waals surface area (Å²) in [6, 6.07) is 85.8. The quantitative estimate of drug-likeness (QED) is 0.147. The molecule has 3 heteroatoms. The van der Waals surface area contributed by atoms with Crippen LogP contribution in [0, 0.1) is 0 Å². The molecule has 64 heavy (non-hydrogen) atoms. The first-order chi connectivity index (χ1) is 31.7. The van der Waals surface area contributed by atoms with Crippen molar-refractivity contribution in [2.75, 3.05) is 0 Å². The van der Waals surface area contributed by atoms with Gasteiger partial charge in [-0.3, -0.25) is 4.57 Å². The molecule has 0 amide bonds. The number of pyridine rings is 1. The minimum atomic E-state index is 0.883. The number of rotatable bonds is 7. The zero-order valence-electron chi connectivity index (χ0n) is 34.9. The maximum absolute atomic E-state index is 5.57. The molecule has 0 fully saturated rings. The van der Waals surface area contributed by atoms with Crippen molar-refractivity contribution in [2.24, 2.45) is 0 Å². The molecule has 3 nitrogen and oxygen atoms in total. The van der Waals surface area contributed by atoms with Crippen LogP contribution < -0.4 is 0 Å². The van der Waals surface area contributed by atoms with Crippen molar-refractivity contribution in [1.29, 1.82) is 0 Å². The fourth-order valence-corrected chi connectivity index (χ4v) is 10.0. The third-order valence-corrected chi connectivity index (χ3v) is 13.1. The largest absolute Gasteiger partial charge is 0.309 e. The average Bonchev–Trinajstić information content (AvgIpc) is 3.89. The van der Waals surface area contributed by atoms with Gasteiger partial charge in [0, 0.05) is 32.8 Å². The van der Waals surface area contributed by atoms with E-state index in [-0.39, 0.29) is 0 Å². The van der Waals surface area contributed by atoms with Crippen molar-refractivity contribution in [2.45, 2.75) is 0 Å². The second-order valence-corrected chi connectivity index (χ2v) is 16.8. The Bertz CT molecular complexity index is 3740. The predicted octanol–water partition coefficient (Wildman–Crippen LogP) is 16.2. The summed E-state index contributed by atoms with van der Waals surface area (Å²) in [5.41, 5.74) is 17.2. The van der Waals surface area contributed by atoms with Crippen LogP contribution in [0.25, 0.3) is 122 Å². The highest BCUT2D eigenvalue weighted by molar-refractivity contribution is 6.25. The van der Waals surface area contributed by atoms with Gasteiger partial charge in [-0.15, -0.1) is 0 Å². The third kappa shape index (κ3) is 5.86. The molecule has 0 saturated heterocycles. The van der Waals surface area contributed by atoms with Crippen molar-refractivity contribution in [3.05, 3.63) is 237 Å². The smallest absolute Gasteiger partial charge is 0.138 e. The molecule has 13 aromatic rings. The van der Waals surface area contributed by atoms with Crippen molar-refractivity contribution in [1.82, 2.24) is 14.1 Å². The molecule has 3 heterocycles. The molecule has 298 valence electrons. The Labute approximate surface area is 370 Å². The molecule has 0 unspecified atom stereocenters. The highest BCUT2D eigenvalue weighted by Crippen LogP contribution is 2.43. The average molecular weight is 814 g/mol. The van der Waals surface area contributed by atoms with Crippen LogP contribution in [-0.2, 0) is 0 Å². The zero-order valence-corrected chi connectivity index (χ0v) is 34.9. The molecule has 13 rings (SSSR count). The van der Waals surface area contributed by atoms with Crippen LogP contribution in [0.1, 0.15) is 0 Å². The Morgan fingerprint density at radius 3 is 1.50 bits per heavy atom. The van der Waals surface area contributed by atoms with E-state index in [1.165, 1.54) is 71.2 Å². The first-order valence-electron chi connectivity index (χ1n) is 21.9. The summed E-state index contributed by atoms with van der Waals surface area (Å²) >= 11 is 0. The van der Waals surface area contributed by atoms with Crippen molar-refractivity contribution >= 4 is 54.4 Å². The summed E-state index contributed by atoms with van der Waals surface area (Å²) in [7, 11) is 0. The molecule has 10 aromatic carbocycles. The Morgan fingerprint density at radius 1 is 0.266 bits per heavy atom. The number of benzene rings is 10. The van der Waals surface area contributed by atoms with Gasteiger partial charge >= 0.3 is 0 Å². The summed E-state index contributed by atoms with van der Waals surface area (Å²) in [6.45, 7) is 0. The van der Waals surface area contributed by atoms with E-state index in [1.807, 2.05) is 0 Å². The van der Waals surface area contributed by atoms with Crippen molar-refractivity contribution < 1.29 is 0 Å². The first-order valence-corrected chi connectivity index (χ1v) is 21.9. The second kappa shape index (κ2) is 14.5. The highest BCUT2D eigenvalue weighted by atomic mass is 15.1. The first kappa shape index (κ1) is 36.2. The molecule has 0 saturated carbocycles. The van der Waals surface area contributed by atoms with Crippen LogP contribution in [0.4, 0.5) is 0 Å². The van der Waals surface area contributed by atoms with E-state index in [9.17, 15) is 0 Å². The zero-order chi connectivity index (χ0) is 42.1. The van der Waals surface area contributed by atoms with E-state index in [0.717, 1.165) is 50.5 Å². The van der Waals surface area contributed by atoms with Crippen LogP contribution in [0.2, 0.25) is 0 Å². The third-order valence-electron chi connectivity index (χ3n) is 13.1. The number of para-hydroxylation sites is 2. The Kier molecular flexibility index (Phi) is 8.22. The number of aromatic nitrogens is 3. The maximum Gasteiger partial charge on any atom is 0.138 e. The van der Waals surface area contributed by atoms with Crippen molar-refractivity contribution in [3.8, 4) is 67.3 Å². The minimum absolute atomic E-state index is 0.883. The topological polar surface area (TPSA) is 22.8 Å². The monoisotopic (exact) mass is 813 g/mol. The van der Waals surface area contributed by atoms with Crippen LogP contribution in [0.5, 0.6) is 0 Å². The minimum Gasteiger partial charge on any atom is -0.309 e. The van der Waals surface area contributed by atoms with Gasteiger partial charge in [0.15, 0.2) is 0 Å². The predicted molar refractivity (Wildman–Crippen MR) is 269 cm³/mol. The van der Waals surface area contributed by atoms with E-state index in [4.69, 9.17) is 4.98 Å². The van der Waals surface area contributed by atoms with E-state index >= 15 is 0 Å². The van der Waals surface area contributed by atoms with Gasteiger partial charge in [0.25, 0.3) is 0 Å². The molecule has 0 N–H and O–H groups in total. The lowest BCUT2D eigenvalue weighted by Gasteiger charge is -2.14. The second-order valence-electron chi connectivity index (χ2n) is 16.8. The SMILES string of the molecule is c1ccc(-c2ccc(-c3cc(-c4ccc(-c5ccccc5)cc4)nc(-n4c5cccc6ccc7cc(-c8ccc9c%10ccccc%10n(-c%10ccccc%10)c9c8)cc4c7c65)c3)cc2)cc1. The van der Waals surface area contributed by atoms with Gasteiger partial charge in [-0.2, -0.15) is 0 Å². The molecule has 0 aliphatic carbocycles. The molecular weight excluding hydrogens is 775 g/mol. The van der Waals surface area contributed by atoms with Crippen LogP contribution in [0.15, 0.2) is 237 Å². The van der Waals surface area contributed by atoms with Gasteiger partial charge in [0.2, 0.25) is 0 Å². The van der Waals surface area contributed by atoms with Gasteiger partial charge in [0.1, 0.15) is 5.82 Å². The summed E-state index contributed by atoms with van der Waals surface area (Å²) in [4.78, 5) is 5.57. The van der Waals surface area contributed by atoms with E-state index in [1.54, 1.807) is 0 Å². The van der Waals surface area contributed by atoms with Crippen LogP contribution in [-0.4, -0.2) is 14.1 Å². The van der Waals surface area contributed by atoms with Gasteiger partial charge in [0.05, 0.1) is 27.8 Å². The Balaban J connectivity index is 1.03. The summed E-state index contributed by atoms with van der Waals surface area (Å²) in [5, 5.41) is 7.44. The lowest BCUT2D eigenvalue weighted by atomic mass is 9.97. The molecular formula is C61H39N3. The fraction of sp³-hybridized carbons (Fsp3) is 0. The van der Waals surface area contributed by atoms with Gasteiger partial charge < -0.3 is 4.57 Å². The molecule has 0 aliphatic rings. The normalized spacial score (nSPS) is 11.8. The maximum atomic E-state index is 5.57. The number of nitrogens with zero attached hydrogens (tertiary/aromatic N) is 3. The van der Waals surface area contributed by atoms with Crippen LogP contribution in [0.3, 0.4) is 0 Å². The lowest BCUT2D eigenvalue weighted by Crippen LogP contribution is -2.00. The summed E-state index contributed by atoms with van der Waals surface area (Å²) in [6.07, 6.45) is 0. The summed E-state index contributed by atoms with van der Waals surface area (Å²) in [5.74, 6) is 0.883. The van der Waals surface area contributed by atoms with Crippen LogP contribution >= 0.6 is 0 Å². The molecule has 0 atom stereocenters. The van der Waals surface area contributed by atoms with Crippen molar-refractivity contribution in [3.63, 3.8) is 0 Å². The van der Waals surface area contributed by atoms with E-state index in [0.29, 0.717) is 0 Å². The summed E-state index contributed by atoms with van der Waals surface area (Å²) < 4.78 is 4.80. The lowest BCUT2D eigenvalue weighted by molar-refractivity contribution is 1.08. The van der Waals surface area contributed by atoms with Gasteiger partial charge in [-0.05, 0) is 110 Å². The highest BCUT2D eigenvalue weighted by Gasteiger charge is 2.21. The number of hydrogen-bond donors (Lipinski definition) is 0. The molecule has 3 aromatic heterocycles. The molecule has 0 radical (unpaired) electrons. The number of fused-ring (bicyclic) bond motifs is 3. The Morgan fingerprint density at radius 2 is 0.781 bits per heavy atom. The van der Waals surface area contributed by atoms with Gasteiger partial charge in [-0.25, -0.2) is 4.98 Å².